The van der Waals surface area contributed by atoms with Crippen LogP contribution in [0.25, 0.3) is 0 Å². The summed E-state index contributed by atoms with van der Waals surface area (Å²) in [6, 6.07) is 0. The number of carboxylic acid groups (broad SMARTS) is 3. The van der Waals surface area contributed by atoms with Gasteiger partial charge in [0, 0.05) is 12.2 Å². The molecule has 0 radical (unpaired) electrons. The Morgan fingerprint density at radius 3 is 1.33 bits per heavy atom. The van der Waals surface area contributed by atoms with E-state index >= 15 is 0 Å². The minimum Gasteiger partial charge on any atom is -0.515 e. The quantitative estimate of drug-likeness (QED) is 0.394. The van der Waals surface area contributed by atoms with E-state index in [-0.39, 0.29) is 5.57 Å². The van der Waals surface area contributed by atoms with Crippen molar-refractivity contribution >= 4 is 17.9 Å². The Morgan fingerprint density at radius 1 is 0.933 bits per heavy atom. The van der Waals surface area contributed by atoms with Gasteiger partial charge in [0.2, 0.25) is 0 Å². The number of aliphatic hydroxyl groups is 1. The van der Waals surface area contributed by atoms with Gasteiger partial charge in [0.1, 0.15) is 0 Å². The lowest BCUT2D eigenvalue weighted by Gasteiger charge is -1.83. The molecular formula is C8H10O7. The van der Waals surface area contributed by atoms with E-state index in [9.17, 15) is 14.4 Å². The topological polar surface area (TPSA) is 132 Å². The SMILES string of the molecule is C/C(=C\O)C(=O)O.O=C(O)/C=C\C(=O)O. The first-order valence-electron chi connectivity index (χ1n) is 3.49. The molecule has 0 aromatic heterocycles. The highest BCUT2D eigenvalue weighted by Gasteiger charge is 1.95. The minimum atomic E-state index is -1.26. The smallest absolute Gasteiger partial charge is 0.334 e. The molecule has 0 aliphatic rings. The summed E-state index contributed by atoms with van der Waals surface area (Å²) in [7, 11) is 0. The van der Waals surface area contributed by atoms with E-state index < -0.39 is 17.9 Å². The Hall–Kier alpha value is -2.31. The Kier molecular flexibility index (Phi) is 8.39. The molecule has 0 bridgehead atoms. The third kappa shape index (κ3) is 14.5. The van der Waals surface area contributed by atoms with Crippen LogP contribution in [0.4, 0.5) is 0 Å². The molecule has 4 N–H and O–H groups in total. The fourth-order valence-corrected chi connectivity index (χ4v) is 0.198. The van der Waals surface area contributed by atoms with Gasteiger partial charge < -0.3 is 20.4 Å². The van der Waals surface area contributed by atoms with Gasteiger partial charge in [-0.25, -0.2) is 14.4 Å². The molecule has 0 unspecified atom stereocenters. The molecular weight excluding hydrogens is 208 g/mol. The van der Waals surface area contributed by atoms with Crippen molar-refractivity contribution in [1.29, 1.82) is 0 Å². The summed E-state index contributed by atoms with van der Waals surface area (Å²) in [6.45, 7) is 1.31. The van der Waals surface area contributed by atoms with Crippen molar-refractivity contribution in [2.75, 3.05) is 0 Å². The van der Waals surface area contributed by atoms with E-state index in [1.165, 1.54) is 6.92 Å². The first kappa shape index (κ1) is 15.2. The van der Waals surface area contributed by atoms with Crippen LogP contribution in [0.2, 0.25) is 0 Å². The molecule has 0 heterocycles. The van der Waals surface area contributed by atoms with Crippen molar-refractivity contribution in [1.82, 2.24) is 0 Å². The minimum absolute atomic E-state index is 0.0556. The number of hydrogen-bond donors (Lipinski definition) is 4. The highest BCUT2D eigenvalue weighted by atomic mass is 16.4. The van der Waals surface area contributed by atoms with Crippen LogP contribution in [0, 0.1) is 0 Å². The maximum absolute atomic E-state index is 9.70. The van der Waals surface area contributed by atoms with Crippen LogP contribution in [-0.4, -0.2) is 38.3 Å². The second kappa shape index (κ2) is 8.30. The second-order valence-electron chi connectivity index (χ2n) is 2.13. The first-order chi connectivity index (χ1) is 6.81. The van der Waals surface area contributed by atoms with E-state index in [0.29, 0.717) is 18.4 Å². The monoisotopic (exact) mass is 218 g/mol. The summed E-state index contributed by atoms with van der Waals surface area (Å²) in [5.41, 5.74) is -0.0556. The van der Waals surface area contributed by atoms with Crippen LogP contribution < -0.4 is 0 Å². The fraction of sp³-hybridized carbons (Fsp3) is 0.125. The summed E-state index contributed by atoms with van der Waals surface area (Å²) in [5, 5.41) is 31.5. The average molecular weight is 218 g/mol. The zero-order valence-corrected chi connectivity index (χ0v) is 7.75. The molecule has 0 spiro atoms. The molecule has 84 valence electrons. The summed E-state index contributed by atoms with van der Waals surface area (Å²) in [6.07, 6.45) is 1.67. The molecule has 0 fully saturated rings. The van der Waals surface area contributed by atoms with Gasteiger partial charge in [0.15, 0.2) is 0 Å². The maximum Gasteiger partial charge on any atom is 0.334 e. The van der Waals surface area contributed by atoms with E-state index in [4.69, 9.17) is 20.4 Å². The summed E-state index contributed by atoms with van der Waals surface area (Å²) >= 11 is 0. The van der Waals surface area contributed by atoms with E-state index in [1.807, 2.05) is 0 Å². The van der Waals surface area contributed by atoms with Crippen molar-refractivity contribution in [3.05, 3.63) is 24.0 Å². The molecule has 0 saturated carbocycles. The maximum atomic E-state index is 9.70. The van der Waals surface area contributed by atoms with Crippen molar-refractivity contribution in [3.63, 3.8) is 0 Å². The zero-order chi connectivity index (χ0) is 12.4. The average Bonchev–Trinajstić information content (AvgIpc) is 2.14. The summed E-state index contributed by atoms with van der Waals surface area (Å²) in [5.74, 6) is -3.61. The number of aliphatic carboxylic acids is 3. The van der Waals surface area contributed by atoms with E-state index in [0.717, 1.165) is 0 Å². The van der Waals surface area contributed by atoms with Gasteiger partial charge >= 0.3 is 17.9 Å². The summed E-state index contributed by atoms with van der Waals surface area (Å²) in [4.78, 5) is 28.8. The molecule has 7 nitrogen and oxygen atoms in total. The van der Waals surface area contributed by atoms with Gasteiger partial charge in [-0.15, -0.1) is 0 Å². The lowest BCUT2D eigenvalue weighted by molar-refractivity contribution is -0.134. The molecule has 0 rings (SSSR count). The zero-order valence-electron chi connectivity index (χ0n) is 7.75. The van der Waals surface area contributed by atoms with Gasteiger partial charge in [-0.1, -0.05) is 0 Å². The van der Waals surface area contributed by atoms with Crippen molar-refractivity contribution in [2.45, 2.75) is 6.92 Å². The van der Waals surface area contributed by atoms with Crippen molar-refractivity contribution < 1.29 is 34.8 Å². The number of carboxylic acids is 3. The lowest BCUT2D eigenvalue weighted by atomic mass is 10.4. The summed E-state index contributed by atoms with van der Waals surface area (Å²) < 4.78 is 0. The first-order valence-corrected chi connectivity index (χ1v) is 3.49. The van der Waals surface area contributed by atoms with Gasteiger partial charge in [0.05, 0.1) is 11.8 Å². The van der Waals surface area contributed by atoms with Gasteiger partial charge in [0.25, 0.3) is 0 Å². The Bertz CT molecular complexity index is 284. The number of carbonyl (C=O) groups is 3. The molecule has 15 heavy (non-hydrogen) atoms. The fourth-order valence-electron chi connectivity index (χ4n) is 0.198. The molecule has 0 aromatic rings. The lowest BCUT2D eigenvalue weighted by Crippen LogP contribution is -1.94. The molecule has 0 amide bonds. The van der Waals surface area contributed by atoms with Crippen LogP contribution in [0.3, 0.4) is 0 Å². The standard InChI is InChI=1S/C4H4O4.C4H6O3/c5-3(6)1-2-4(7)8;1-3(2-5)4(6)7/h1-2H,(H,5,6)(H,7,8);2,5H,1H3,(H,6,7)/b2-1-;3-2+. The van der Waals surface area contributed by atoms with Gasteiger partial charge in [-0.3, -0.25) is 0 Å². The predicted octanol–water partition coefficient (Wildman–Crippen LogP) is 0.245. The normalized spacial score (nSPS) is 10.3. The van der Waals surface area contributed by atoms with Crippen molar-refractivity contribution in [2.24, 2.45) is 0 Å². The van der Waals surface area contributed by atoms with Gasteiger partial charge in [-0.2, -0.15) is 0 Å². The molecule has 0 saturated heterocycles. The third-order valence-electron chi connectivity index (χ3n) is 0.899. The van der Waals surface area contributed by atoms with Crippen LogP contribution in [0.15, 0.2) is 24.0 Å². The molecule has 0 aromatic carbocycles. The van der Waals surface area contributed by atoms with Crippen LogP contribution in [-0.2, 0) is 14.4 Å². The highest BCUT2D eigenvalue weighted by Crippen LogP contribution is 1.86. The number of rotatable bonds is 3. The van der Waals surface area contributed by atoms with Crippen molar-refractivity contribution in [3.8, 4) is 0 Å². The molecule has 0 atom stereocenters. The van der Waals surface area contributed by atoms with Gasteiger partial charge in [-0.05, 0) is 6.92 Å². The highest BCUT2D eigenvalue weighted by molar-refractivity contribution is 5.89. The second-order valence-corrected chi connectivity index (χ2v) is 2.13. The predicted molar refractivity (Wildman–Crippen MR) is 48.4 cm³/mol. The Labute approximate surface area is 84.6 Å². The largest absolute Gasteiger partial charge is 0.515 e. The van der Waals surface area contributed by atoms with E-state index in [1.54, 1.807) is 0 Å². The van der Waals surface area contributed by atoms with Crippen LogP contribution >= 0.6 is 0 Å². The van der Waals surface area contributed by atoms with E-state index in [2.05, 4.69) is 0 Å². The van der Waals surface area contributed by atoms with Crippen LogP contribution in [0.1, 0.15) is 6.92 Å². The molecule has 7 heteroatoms. The Morgan fingerprint density at radius 2 is 1.27 bits per heavy atom. The number of aliphatic hydroxyl groups excluding tert-OH is 1. The molecule has 0 aliphatic heterocycles. The third-order valence-corrected chi connectivity index (χ3v) is 0.899. The Balaban J connectivity index is 0. The number of hydrogen-bond acceptors (Lipinski definition) is 4. The molecule has 0 aliphatic carbocycles. The van der Waals surface area contributed by atoms with Crippen LogP contribution in [0.5, 0.6) is 0 Å².